The van der Waals surface area contributed by atoms with Crippen LogP contribution in [0.5, 0.6) is 0 Å². The van der Waals surface area contributed by atoms with Crippen LogP contribution < -0.4 is 0 Å². The minimum absolute atomic E-state index is 0.368. The molecule has 0 aliphatic carbocycles. The molecule has 1 fully saturated rings. The third-order valence-electron chi connectivity index (χ3n) is 4.38. The Hall–Kier alpha value is -1.77. The normalized spacial score (nSPS) is 17.3. The minimum Gasteiger partial charge on any atom is -0.340 e. The summed E-state index contributed by atoms with van der Waals surface area (Å²) in [6, 6.07) is 5.29. The zero-order valence-electron chi connectivity index (χ0n) is 14.2. The fourth-order valence-corrected chi connectivity index (χ4v) is 4.26. The lowest BCUT2D eigenvalue weighted by molar-refractivity contribution is 0.176. The molecule has 24 heavy (non-hydrogen) atoms. The van der Waals surface area contributed by atoms with E-state index >= 15 is 0 Å². The van der Waals surface area contributed by atoms with Gasteiger partial charge in [0.1, 0.15) is 0 Å². The average Bonchev–Trinajstić information content (AvgIpc) is 2.95. The zero-order valence-corrected chi connectivity index (χ0v) is 15.0. The van der Waals surface area contributed by atoms with Crippen molar-refractivity contribution in [1.82, 2.24) is 19.3 Å². The number of aryl methyl sites for hydroxylation is 3. The number of nitrogens with zero attached hydrogens (tertiary/aromatic N) is 4. The number of sulfonamides is 1. The summed E-state index contributed by atoms with van der Waals surface area (Å²) in [6.07, 6.45) is 0. The van der Waals surface area contributed by atoms with Gasteiger partial charge in [-0.3, -0.25) is 4.90 Å². The lowest BCUT2D eigenvalue weighted by Gasteiger charge is -2.33. The van der Waals surface area contributed by atoms with E-state index in [1.165, 1.54) is 0 Å². The summed E-state index contributed by atoms with van der Waals surface area (Å²) < 4.78 is 32.1. The lowest BCUT2D eigenvalue weighted by atomic mass is 10.1. The molecule has 0 amide bonds. The van der Waals surface area contributed by atoms with Crippen LogP contribution in [0.15, 0.2) is 27.6 Å². The van der Waals surface area contributed by atoms with E-state index in [4.69, 9.17) is 4.52 Å². The summed E-state index contributed by atoms with van der Waals surface area (Å²) >= 11 is 0. The second-order valence-electron chi connectivity index (χ2n) is 6.16. The topological polar surface area (TPSA) is 79.5 Å². The minimum atomic E-state index is -3.44. The van der Waals surface area contributed by atoms with Crippen LogP contribution in [0.4, 0.5) is 0 Å². The van der Waals surface area contributed by atoms with Crippen LogP contribution in [0.3, 0.4) is 0 Å². The van der Waals surface area contributed by atoms with Gasteiger partial charge in [0.2, 0.25) is 15.9 Å². The van der Waals surface area contributed by atoms with E-state index in [0.29, 0.717) is 49.3 Å². The van der Waals surface area contributed by atoms with E-state index in [2.05, 4.69) is 15.0 Å². The fourth-order valence-electron chi connectivity index (χ4n) is 2.76. The molecule has 130 valence electrons. The first kappa shape index (κ1) is 17.1. The Morgan fingerprint density at radius 1 is 1.08 bits per heavy atom. The highest BCUT2D eigenvalue weighted by molar-refractivity contribution is 7.89. The monoisotopic (exact) mass is 350 g/mol. The van der Waals surface area contributed by atoms with Crippen LogP contribution >= 0.6 is 0 Å². The smallest absolute Gasteiger partial charge is 0.243 e. The number of piperazine rings is 1. The van der Waals surface area contributed by atoms with Crippen molar-refractivity contribution in [1.29, 1.82) is 0 Å². The molecule has 0 spiro atoms. The molecule has 0 bridgehead atoms. The number of aromatic nitrogens is 2. The largest absolute Gasteiger partial charge is 0.340 e. The highest BCUT2D eigenvalue weighted by atomic mass is 32.2. The van der Waals surface area contributed by atoms with Gasteiger partial charge in [-0.1, -0.05) is 11.2 Å². The van der Waals surface area contributed by atoms with Gasteiger partial charge in [-0.2, -0.15) is 9.29 Å². The van der Waals surface area contributed by atoms with Crippen molar-refractivity contribution in [3.05, 3.63) is 41.0 Å². The van der Waals surface area contributed by atoms with Gasteiger partial charge in [0.25, 0.3) is 0 Å². The first-order valence-electron chi connectivity index (χ1n) is 7.95. The molecule has 2 heterocycles. The van der Waals surface area contributed by atoms with E-state index in [0.717, 1.165) is 11.1 Å². The van der Waals surface area contributed by atoms with Crippen molar-refractivity contribution in [3.63, 3.8) is 0 Å². The molecule has 7 nitrogen and oxygen atoms in total. The molecule has 0 atom stereocenters. The molecule has 1 aliphatic heterocycles. The highest BCUT2D eigenvalue weighted by Gasteiger charge is 2.29. The third kappa shape index (κ3) is 3.50. The first-order chi connectivity index (χ1) is 11.4. The van der Waals surface area contributed by atoms with Crippen molar-refractivity contribution < 1.29 is 12.9 Å². The number of hydrogen-bond acceptors (Lipinski definition) is 6. The van der Waals surface area contributed by atoms with Gasteiger partial charge < -0.3 is 4.52 Å². The summed E-state index contributed by atoms with van der Waals surface area (Å²) in [4.78, 5) is 6.69. The summed E-state index contributed by atoms with van der Waals surface area (Å²) in [5, 5.41) is 3.88. The Kier molecular flexibility index (Phi) is 4.71. The van der Waals surface area contributed by atoms with Crippen molar-refractivity contribution in [2.75, 3.05) is 26.2 Å². The summed E-state index contributed by atoms with van der Waals surface area (Å²) in [6.45, 7) is 8.47. The van der Waals surface area contributed by atoms with Gasteiger partial charge >= 0.3 is 0 Å². The highest BCUT2D eigenvalue weighted by Crippen LogP contribution is 2.20. The van der Waals surface area contributed by atoms with Gasteiger partial charge in [-0.15, -0.1) is 0 Å². The molecule has 0 saturated carbocycles. The number of hydrogen-bond donors (Lipinski definition) is 0. The predicted octanol–water partition coefficient (Wildman–Crippen LogP) is 1.50. The predicted molar refractivity (Wildman–Crippen MR) is 89.0 cm³/mol. The molecule has 3 rings (SSSR count). The first-order valence-corrected chi connectivity index (χ1v) is 9.39. The second-order valence-corrected chi connectivity index (χ2v) is 8.09. The number of rotatable bonds is 4. The molecule has 1 aliphatic rings. The Morgan fingerprint density at radius 3 is 2.38 bits per heavy atom. The summed E-state index contributed by atoms with van der Waals surface area (Å²) in [5.74, 6) is 1.18. The maximum atomic E-state index is 12.8. The third-order valence-corrected chi connectivity index (χ3v) is 6.28. The maximum absolute atomic E-state index is 12.8. The molecule has 0 radical (unpaired) electrons. The molecule has 1 aromatic carbocycles. The van der Waals surface area contributed by atoms with Crippen LogP contribution in [-0.4, -0.2) is 53.9 Å². The number of benzene rings is 1. The van der Waals surface area contributed by atoms with Crippen LogP contribution in [0, 0.1) is 20.8 Å². The molecular formula is C16H22N4O3S. The molecule has 1 aromatic heterocycles. The van der Waals surface area contributed by atoms with Crippen molar-refractivity contribution in [2.45, 2.75) is 32.2 Å². The van der Waals surface area contributed by atoms with Gasteiger partial charge in [0, 0.05) is 33.1 Å². The summed E-state index contributed by atoms with van der Waals surface area (Å²) in [5.41, 5.74) is 2.08. The Labute approximate surface area is 142 Å². The van der Waals surface area contributed by atoms with E-state index in [9.17, 15) is 8.42 Å². The maximum Gasteiger partial charge on any atom is 0.243 e. The van der Waals surface area contributed by atoms with E-state index < -0.39 is 10.0 Å². The fraction of sp³-hybridized carbons (Fsp3) is 0.500. The zero-order chi connectivity index (χ0) is 17.3. The van der Waals surface area contributed by atoms with E-state index in [-0.39, 0.29) is 0 Å². The van der Waals surface area contributed by atoms with Gasteiger partial charge in [-0.25, -0.2) is 8.42 Å². The Morgan fingerprint density at radius 2 is 1.79 bits per heavy atom. The Bertz CT molecular complexity index is 824. The van der Waals surface area contributed by atoms with Gasteiger partial charge in [-0.05, 0) is 37.1 Å². The van der Waals surface area contributed by atoms with Gasteiger partial charge in [0.15, 0.2) is 5.82 Å². The standard InChI is InChI=1S/C16H22N4O3S/c1-12-4-5-15(10-13(12)2)24(21,22)20-8-6-19(7-9-20)11-16-17-14(3)23-18-16/h4-5,10H,6-9,11H2,1-3H3. The van der Waals surface area contributed by atoms with Crippen molar-refractivity contribution >= 4 is 10.0 Å². The molecular weight excluding hydrogens is 328 g/mol. The lowest BCUT2D eigenvalue weighted by Crippen LogP contribution is -2.48. The molecule has 0 unspecified atom stereocenters. The van der Waals surface area contributed by atoms with Crippen molar-refractivity contribution in [2.24, 2.45) is 0 Å². The quantitative estimate of drug-likeness (QED) is 0.831. The van der Waals surface area contributed by atoms with Crippen LogP contribution in [-0.2, 0) is 16.6 Å². The van der Waals surface area contributed by atoms with Crippen molar-refractivity contribution in [3.8, 4) is 0 Å². The molecule has 2 aromatic rings. The Balaban J connectivity index is 1.65. The van der Waals surface area contributed by atoms with E-state index in [1.54, 1.807) is 23.4 Å². The average molecular weight is 350 g/mol. The molecule has 1 saturated heterocycles. The molecule has 0 N–H and O–H groups in total. The second kappa shape index (κ2) is 6.62. The van der Waals surface area contributed by atoms with Gasteiger partial charge in [0.05, 0.1) is 11.4 Å². The van der Waals surface area contributed by atoms with Crippen LogP contribution in [0.1, 0.15) is 22.8 Å². The SMILES string of the molecule is Cc1nc(CN2CCN(S(=O)(=O)c3ccc(C)c(C)c3)CC2)no1. The van der Waals surface area contributed by atoms with E-state index in [1.807, 2.05) is 19.9 Å². The van der Waals surface area contributed by atoms with Crippen LogP contribution in [0.25, 0.3) is 0 Å². The molecule has 8 heteroatoms. The van der Waals surface area contributed by atoms with Crippen LogP contribution in [0.2, 0.25) is 0 Å². The summed E-state index contributed by atoms with van der Waals surface area (Å²) in [7, 11) is -3.44.